The van der Waals surface area contributed by atoms with Gasteiger partial charge >= 0.3 is 12.4 Å². The molecule has 210 valence electrons. The third kappa shape index (κ3) is 4.97. The highest BCUT2D eigenvalue weighted by atomic mass is 19.3. The van der Waals surface area contributed by atoms with Crippen LogP contribution in [0.1, 0.15) is 46.4 Å². The van der Waals surface area contributed by atoms with Crippen LogP contribution in [0, 0.1) is 5.82 Å². The average Bonchev–Trinajstić information content (AvgIpc) is 3.48. The van der Waals surface area contributed by atoms with Crippen molar-refractivity contribution in [3.8, 4) is 11.5 Å². The number of allylic oxidation sites excluding steroid dienone is 1. The Bertz CT molecular complexity index is 1860. The van der Waals surface area contributed by atoms with Crippen LogP contribution in [0.3, 0.4) is 0 Å². The Morgan fingerprint density at radius 3 is 2.76 bits per heavy atom. The topological polar surface area (TPSA) is 104 Å². The van der Waals surface area contributed by atoms with Gasteiger partial charge in [0.05, 0.1) is 18.0 Å². The first-order valence-corrected chi connectivity index (χ1v) is 12.6. The first-order valence-electron chi connectivity index (χ1n) is 12.6. The van der Waals surface area contributed by atoms with Gasteiger partial charge in [0.25, 0.3) is 0 Å². The van der Waals surface area contributed by atoms with E-state index in [1.807, 2.05) is 18.2 Å². The molecule has 0 atom stereocenters. The van der Waals surface area contributed by atoms with Gasteiger partial charge in [0, 0.05) is 36.9 Å². The second kappa shape index (κ2) is 10.6. The van der Waals surface area contributed by atoms with Gasteiger partial charge in [0.2, 0.25) is 0 Å². The van der Waals surface area contributed by atoms with Crippen LogP contribution in [0.2, 0.25) is 0 Å². The fraction of sp³-hybridized carbons (Fsp3) is 0.207. The molecule has 0 fully saturated rings. The predicted octanol–water partition coefficient (Wildman–Crippen LogP) is 5.36. The van der Waals surface area contributed by atoms with Crippen molar-refractivity contribution in [3.63, 3.8) is 0 Å². The van der Waals surface area contributed by atoms with Gasteiger partial charge in [0.1, 0.15) is 18.2 Å². The summed E-state index contributed by atoms with van der Waals surface area (Å²) >= 11 is 0. The summed E-state index contributed by atoms with van der Waals surface area (Å²) in [4.78, 5) is 18.8. The molecule has 0 bridgehead atoms. The average molecular weight is 565 g/mol. The molecule has 0 unspecified atom stereocenters. The van der Waals surface area contributed by atoms with E-state index in [0.29, 0.717) is 34.6 Å². The van der Waals surface area contributed by atoms with E-state index in [2.05, 4.69) is 19.9 Å². The minimum atomic E-state index is -2.99. The fourth-order valence-corrected chi connectivity index (χ4v) is 5.12. The van der Waals surface area contributed by atoms with E-state index in [1.54, 1.807) is 29.7 Å². The van der Waals surface area contributed by atoms with Gasteiger partial charge in [-0.05, 0) is 53.5 Å². The summed E-state index contributed by atoms with van der Waals surface area (Å²) in [7, 11) is 1.53. The molecule has 3 aromatic heterocycles. The summed E-state index contributed by atoms with van der Waals surface area (Å²) in [6, 6.07) is 13.2. The number of fused-ring (bicyclic) bond motifs is 3. The normalized spacial score (nSPS) is 14.0. The molecule has 0 radical (unpaired) electrons. The third-order valence-corrected chi connectivity index (χ3v) is 6.87. The summed E-state index contributed by atoms with van der Waals surface area (Å²) in [6.45, 7) is -0.887. The number of imidazole rings is 1. The molecule has 0 aliphatic carbocycles. The van der Waals surface area contributed by atoms with Crippen molar-refractivity contribution in [2.75, 3.05) is 7.11 Å². The quantitative estimate of drug-likeness (QED) is 0.284. The monoisotopic (exact) mass is 564 g/mol. The number of hydrogen-bond donors (Lipinski definition) is 1. The molecule has 0 spiro atoms. The Balaban J connectivity index is 1.46. The van der Waals surface area contributed by atoms with Crippen LogP contribution in [0.5, 0.6) is 11.5 Å². The molecule has 1 aliphatic rings. The highest BCUT2D eigenvalue weighted by Gasteiger charge is 2.25. The molecule has 1 N–H and O–H groups in total. The Morgan fingerprint density at radius 1 is 1.17 bits per heavy atom. The van der Waals surface area contributed by atoms with E-state index in [9.17, 15) is 18.0 Å². The Labute approximate surface area is 230 Å². The molecule has 41 heavy (non-hydrogen) atoms. The van der Waals surface area contributed by atoms with Gasteiger partial charge in [-0.25, -0.2) is 14.2 Å². The molecule has 0 saturated carbocycles. The molecule has 9 nitrogen and oxygen atoms in total. The first-order chi connectivity index (χ1) is 19.8. The Morgan fingerprint density at radius 2 is 2.00 bits per heavy atom. The zero-order valence-electron chi connectivity index (χ0n) is 21.9. The smallest absolute Gasteiger partial charge is 0.439 e. The van der Waals surface area contributed by atoms with Crippen LogP contribution < -0.4 is 15.2 Å². The van der Waals surface area contributed by atoms with Crippen LogP contribution in [0.4, 0.5) is 13.2 Å². The van der Waals surface area contributed by atoms with Gasteiger partial charge < -0.3 is 18.6 Å². The number of rotatable bonds is 7. The zero-order chi connectivity index (χ0) is 28.7. The van der Waals surface area contributed by atoms with Gasteiger partial charge in [-0.1, -0.05) is 23.4 Å². The molecule has 4 heterocycles. The molecule has 5 aromatic rings. The summed E-state index contributed by atoms with van der Waals surface area (Å²) in [5.41, 5.74) is 6.03. The molecule has 0 saturated heterocycles. The largest absolute Gasteiger partial charge is 0.488 e. The lowest BCUT2D eigenvalue weighted by molar-refractivity contribution is -0.0491. The minimum absolute atomic E-state index is 0.0393. The SMILES string of the molecule is COCc1nc2c(OC(F)F)cccn2c1Cc1ccc2c(c1)COc1cc(F)ccc1/C2=C(/C)c1noc(=O)[nH]1. The van der Waals surface area contributed by atoms with Crippen molar-refractivity contribution in [1.82, 2.24) is 19.5 Å². The number of benzene rings is 2. The van der Waals surface area contributed by atoms with Crippen LogP contribution in [-0.2, 0) is 24.4 Å². The van der Waals surface area contributed by atoms with E-state index in [-0.39, 0.29) is 30.4 Å². The standard InChI is InChI=1S/C29H23F3N4O5/c1-15(26-34-29(37)41-35-26)25-19-7-5-16(10-17(19)13-39-24-12-18(30)6-8-20(24)25)11-22-21(14-38-2)33-27-23(40-28(31)32)4-3-9-36(22)27/h3-10,12,28H,11,13-14H2,1-2H3,(H,34,35,37)/b25-15-. The summed E-state index contributed by atoms with van der Waals surface area (Å²) in [5, 5.41) is 3.84. The molecule has 2 aromatic carbocycles. The number of halogens is 3. The fourth-order valence-electron chi connectivity index (χ4n) is 5.12. The lowest BCUT2D eigenvalue weighted by Gasteiger charge is -2.14. The van der Waals surface area contributed by atoms with E-state index in [1.165, 1.54) is 25.3 Å². The maximum absolute atomic E-state index is 14.2. The number of methoxy groups -OCH3 is 1. The molecule has 6 rings (SSSR count). The number of aromatic amines is 1. The number of ether oxygens (including phenoxy) is 3. The number of alkyl halides is 2. The maximum atomic E-state index is 14.2. The second-order valence-corrected chi connectivity index (χ2v) is 9.42. The third-order valence-electron chi connectivity index (χ3n) is 6.87. The maximum Gasteiger partial charge on any atom is 0.439 e. The first kappa shape index (κ1) is 26.4. The number of H-pyrrole nitrogens is 1. The molecule has 1 aliphatic heterocycles. The highest BCUT2D eigenvalue weighted by molar-refractivity contribution is 5.99. The van der Waals surface area contributed by atoms with E-state index < -0.39 is 18.2 Å². The van der Waals surface area contributed by atoms with Gasteiger partial charge in [-0.3, -0.25) is 9.51 Å². The summed E-state index contributed by atoms with van der Waals surface area (Å²) in [5.74, 6) is -0.590. The lowest BCUT2D eigenvalue weighted by Crippen LogP contribution is -2.05. The number of nitrogens with one attached hydrogen (secondary N) is 1. The van der Waals surface area contributed by atoms with Crippen LogP contribution in [0.25, 0.3) is 16.8 Å². The second-order valence-electron chi connectivity index (χ2n) is 9.42. The van der Waals surface area contributed by atoms with E-state index in [0.717, 1.165) is 22.4 Å². The Hall–Kier alpha value is -4.84. The predicted molar refractivity (Wildman–Crippen MR) is 141 cm³/mol. The number of nitrogens with zero attached hydrogens (tertiary/aromatic N) is 3. The zero-order valence-corrected chi connectivity index (χ0v) is 21.9. The van der Waals surface area contributed by atoms with E-state index >= 15 is 0 Å². The number of hydrogen-bond acceptors (Lipinski definition) is 7. The molecular formula is C29H23F3N4O5. The van der Waals surface area contributed by atoms with Crippen molar-refractivity contribution in [2.24, 2.45) is 0 Å². The van der Waals surface area contributed by atoms with Crippen molar-refractivity contribution in [2.45, 2.75) is 33.2 Å². The van der Waals surface area contributed by atoms with Gasteiger partial charge in [-0.2, -0.15) is 8.78 Å². The van der Waals surface area contributed by atoms with Crippen LogP contribution in [0.15, 0.2) is 64.0 Å². The van der Waals surface area contributed by atoms with E-state index in [4.69, 9.17) is 14.0 Å². The molecule has 0 amide bonds. The van der Waals surface area contributed by atoms with Crippen molar-refractivity contribution in [1.29, 1.82) is 0 Å². The molecule has 12 heteroatoms. The van der Waals surface area contributed by atoms with Crippen LogP contribution >= 0.6 is 0 Å². The van der Waals surface area contributed by atoms with Crippen molar-refractivity contribution >= 4 is 16.8 Å². The number of aromatic nitrogens is 4. The Kier molecular flexibility index (Phi) is 6.83. The van der Waals surface area contributed by atoms with Crippen molar-refractivity contribution in [3.05, 3.63) is 111 Å². The van der Waals surface area contributed by atoms with Gasteiger partial charge in [0.15, 0.2) is 17.2 Å². The molecular weight excluding hydrogens is 541 g/mol. The minimum Gasteiger partial charge on any atom is -0.488 e. The lowest BCUT2D eigenvalue weighted by atomic mass is 9.89. The number of pyridine rings is 1. The van der Waals surface area contributed by atoms with Gasteiger partial charge in [-0.15, -0.1) is 0 Å². The highest BCUT2D eigenvalue weighted by Crippen LogP contribution is 2.41. The van der Waals surface area contributed by atoms with Crippen LogP contribution in [-0.4, -0.2) is 33.2 Å². The summed E-state index contributed by atoms with van der Waals surface area (Å²) < 4.78 is 62.7. The summed E-state index contributed by atoms with van der Waals surface area (Å²) in [6.07, 6.45) is 2.12. The van der Waals surface area contributed by atoms with Crippen molar-refractivity contribution < 1.29 is 31.9 Å².